The van der Waals surface area contributed by atoms with Crippen LogP contribution in [0.5, 0.6) is 0 Å². The number of hydrogen-bond donors (Lipinski definition) is 0. The summed E-state index contributed by atoms with van der Waals surface area (Å²) < 4.78 is 4.50. The highest BCUT2D eigenvalue weighted by molar-refractivity contribution is 4.74. The number of rotatable bonds is 0. The van der Waals surface area contributed by atoms with E-state index in [0.29, 0.717) is 5.89 Å². The third kappa shape index (κ3) is 0.381. The van der Waals surface area contributed by atoms with E-state index in [1.807, 2.05) is 0 Å². The molecule has 3 heteroatoms. The van der Waals surface area contributed by atoms with Crippen LogP contribution in [-0.4, -0.2) is 10.2 Å². The smallest absolute Gasteiger partial charge is 0.216 e. The molecular formula is C3H3N2O. The molecule has 1 radical (unpaired) electrons. The number of aromatic nitrogens is 2. The van der Waals surface area contributed by atoms with Crippen LogP contribution in [0.25, 0.3) is 0 Å². The van der Waals surface area contributed by atoms with Gasteiger partial charge in [0.2, 0.25) is 12.3 Å². The Hall–Kier alpha value is -0.860. The molecule has 31 valence electrons. The van der Waals surface area contributed by atoms with Crippen LogP contribution in [0.4, 0.5) is 0 Å². The highest BCUT2D eigenvalue weighted by Gasteiger charge is 1.79. The zero-order chi connectivity index (χ0) is 4.41. The fourth-order valence-electron chi connectivity index (χ4n) is 0.196. The normalized spacial score (nSPS) is 8.83. The minimum absolute atomic E-state index is 0.356. The first-order chi connectivity index (χ1) is 2.89. The molecule has 0 aliphatic carbocycles. The van der Waals surface area contributed by atoms with Crippen LogP contribution in [0.3, 0.4) is 0 Å². The Morgan fingerprint density at radius 1 is 1.83 bits per heavy atom. The van der Waals surface area contributed by atoms with Gasteiger partial charge in [0, 0.05) is 6.92 Å². The second-order valence-electron chi connectivity index (χ2n) is 0.832. The van der Waals surface area contributed by atoms with Gasteiger partial charge in [0.1, 0.15) is 0 Å². The van der Waals surface area contributed by atoms with Crippen LogP contribution in [0.2, 0.25) is 0 Å². The van der Waals surface area contributed by atoms with Crippen molar-refractivity contribution in [2.24, 2.45) is 0 Å². The molecule has 1 aromatic rings. The first-order valence-electron chi connectivity index (χ1n) is 1.48. The fourth-order valence-corrected chi connectivity index (χ4v) is 0.196. The van der Waals surface area contributed by atoms with E-state index in [1.165, 1.54) is 6.39 Å². The molecule has 1 aromatic heterocycles. The van der Waals surface area contributed by atoms with Crippen molar-refractivity contribution in [2.75, 3.05) is 0 Å². The minimum Gasteiger partial charge on any atom is -0.428 e. The first-order valence-corrected chi connectivity index (χ1v) is 1.48. The lowest BCUT2D eigenvalue weighted by atomic mass is 10.8. The maximum atomic E-state index is 4.50. The quantitative estimate of drug-likeness (QED) is 0.451. The predicted molar refractivity (Wildman–Crippen MR) is 18.8 cm³/mol. The van der Waals surface area contributed by atoms with Crippen molar-refractivity contribution >= 4 is 0 Å². The highest BCUT2D eigenvalue weighted by atomic mass is 16.4. The molecule has 0 fully saturated rings. The summed E-state index contributed by atoms with van der Waals surface area (Å²) in [5.74, 6) is 0.356. The lowest BCUT2D eigenvalue weighted by molar-refractivity contribution is 0.534. The third-order valence-electron chi connectivity index (χ3n) is 0.405. The highest BCUT2D eigenvalue weighted by Crippen LogP contribution is 1.82. The van der Waals surface area contributed by atoms with Crippen LogP contribution in [0.1, 0.15) is 5.89 Å². The monoisotopic (exact) mass is 83.0 g/mol. The third-order valence-corrected chi connectivity index (χ3v) is 0.405. The van der Waals surface area contributed by atoms with E-state index in [9.17, 15) is 0 Å². The molecule has 3 nitrogen and oxygen atoms in total. The molecule has 0 spiro atoms. The molecule has 0 aliphatic rings. The molecule has 0 aromatic carbocycles. The Kier molecular flexibility index (Phi) is 0.602. The van der Waals surface area contributed by atoms with Gasteiger partial charge in [0.25, 0.3) is 0 Å². The van der Waals surface area contributed by atoms with Crippen molar-refractivity contribution in [3.05, 3.63) is 19.2 Å². The van der Waals surface area contributed by atoms with Gasteiger partial charge in [-0.05, 0) is 0 Å². The first kappa shape index (κ1) is 3.33. The molecule has 0 unspecified atom stereocenters. The average Bonchev–Trinajstić information content (AvgIpc) is 1.86. The Morgan fingerprint density at radius 3 is 2.83 bits per heavy atom. The molecule has 1 rings (SSSR count). The zero-order valence-electron chi connectivity index (χ0n) is 3.09. The second kappa shape index (κ2) is 1.08. The van der Waals surface area contributed by atoms with Crippen LogP contribution < -0.4 is 0 Å². The summed E-state index contributed by atoms with van der Waals surface area (Å²) in [7, 11) is 0. The van der Waals surface area contributed by atoms with Gasteiger partial charge < -0.3 is 4.42 Å². The van der Waals surface area contributed by atoms with Gasteiger partial charge in [-0.3, -0.25) is 0 Å². The van der Waals surface area contributed by atoms with E-state index in [4.69, 9.17) is 0 Å². The molecule has 0 bridgehead atoms. The van der Waals surface area contributed by atoms with Crippen LogP contribution in [0.15, 0.2) is 10.8 Å². The van der Waals surface area contributed by atoms with Gasteiger partial charge in [-0.25, -0.2) is 0 Å². The van der Waals surface area contributed by atoms with Crippen molar-refractivity contribution in [3.63, 3.8) is 0 Å². The Bertz CT molecular complexity index is 112. The van der Waals surface area contributed by atoms with Gasteiger partial charge in [-0.2, -0.15) is 0 Å². The van der Waals surface area contributed by atoms with Crippen molar-refractivity contribution in [2.45, 2.75) is 0 Å². The summed E-state index contributed by atoms with van der Waals surface area (Å²) >= 11 is 0. The number of nitrogens with zero attached hydrogens (tertiary/aromatic N) is 2. The van der Waals surface area contributed by atoms with Crippen molar-refractivity contribution in [1.82, 2.24) is 10.2 Å². The van der Waals surface area contributed by atoms with E-state index < -0.39 is 0 Å². The Labute approximate surface area is 35.0 Å². The molecule has 0 saturated carbocycles. The minimum atomic E-state index is 0.356. The van der Waals surface area contributed by atoms with Crippen LogP contribution >= 0.6 is 0 Å². The SMILES string of the molecule is [CH2]c1nnco1. The van der Waals surface area contributed by atoms with E-state index in [-0.39, 0.29) is 0 Å². The summed E-state index contributed by atoms with van der Waals surface area (Å²) in [5.41, 5.74) is 0. The van der Waals surface area contributed by atoms with Gasteiger partial charge in [0.15, 0.2) is 0 Å². The summed E-state index contributed by atoms with van der Waals surface area (Å²) in [6.07, 6.45) is 1.24. The molecule has 0 aliphatic heterocycles. The maximum Gasteiger partial charge on any atom is 0.216 e. The summed E-state index contributed by atoms with van der Waals surface area (Å²) in [4.78, 5) is 0. The van der Waals surface area contributed by atoms with Gasteiger partial charge in [0.05, 0.1) is 0 Å². The molecular weight excluding hydrogens is 80.0 g/mol. The molecule has 0 saturated heterocycles. The van der Waals surface area contributed by atoms with E-state index >= 15 is 0 Å². The molecule has 0 atom stereocenters. The van der Waals surface area contributed by atoms with Crippen molar-refractivity contribution in [3.8, 4) is 0 Å². The summed E-state index contributed by atoms with van der Waals surface area (Å²) in [6.45, 7) is 3.34. The topological polar surface area (TPSA) is 38.9 Å². The largest absolute Gasteiger partial charge is 0.428 e. The second-order valence-corrected chi connectivity index (χ2v) is 0.832. The standard InChI is InChI=1S/C3H3N2O/c1-3-5-4-2-6-3/h2H,1H2. The van der Waals surface area contributed by atoms with Gasteiger partial charge in [-0.1, -0.05) is 0 Å². The van der Waals surface area contributed by atoms with Gasteiger partial charge in [-0.15, -0.1) is 10.2 Å². The van der Waals surface area contributed by atoms with E-state index in [1.54, 1.807) is 0 Å². The van der Waals surface area contributed by atoms with Gasteiger partial charge >= 0.3 is 0 Å². The molecule has 1 heterocycles. The fraction of sp³-hybridized carbons (Fsp3) is 0. The number of hydrogen-bond acceptors (Lipinski definition) is 3. The predicted octanol–water partition coefficient (Wildman–Crippen LogP) is 0.252. The molecule has 0 amide bonds. The summed E-state index contributed by atoms with van der Waals surface area (Å²) in [5, 5.41) is 6.73. The lowest BCUT2D eigenvalue weighted by Crippen LogP contribution is -1.65. The molecule has 0 N–H and O–H groups in total. The molecule has 6 heavy (non-hydrogen) atoms. The van der Waals surface area contributed by atoms with Crippen molar-refractivity contribution in [1.29, 1.82) is 0 Å². The van der Waals surface area contributed by atoms with Crippen LogP contribution in [-0.2, 0) is 0 Å². The van der Waals surface area contributed by atoms with Crippen molar-refractivity contribution < 1.29 is 4.42 Å². The van der Waals surface area contributed by atoms with E-state index in [2.05, 4.69) is 21.5 Å². The Morgan fingerprint density at radius 2 is 2.67 bits per heavy atom. The summed E-state index contributed by atoms with van der Waals surface area (Å²) in [6, 6.07) is 0. The average molecular weight is 83.1 g/mol. The van der Waals surface area contributed by atoms with E-state index in [0.717, 1.165) is 0 Å². The Balaban J connectivity index is 3.05. The zero-order valence-corrected chi connectivity index (χ0v) is 3.09. The lowest BCUT2D eigenvalue weighted by Gasteiger charge is -1.63. The maximum absolute atomic E-state index is 4.50. The van der Waals surface area contributed by atoms with Crippen LogP contribution in [0, 0.1) is 6.92 Å².